The quantitative estimate of drug-likeness (QED) is 0.427. The Hall–Kier alpha value is -0.530. The van der Waals surface area contributed by atoms with Gasteiger partial charge in [-0.2, -0.15) is 0 Å². The molecule has 0 aliphatic rings. The molecule has 1 N–H and O–H groups in total. The highest BCUT2D eigenvalue weighted by Crippen LogP contribution is 2.31. The lowest BCUT2D eigenvalue weighted by atomic mass is 9.78. The average molecular weight is 284 g/mol. The lowest BCUT2D eigenvalue weighted by Gasteiger charge is -2.27. The second-order valence-corrected chi connectivity index (χ2v) is 6.29. The van der Waals surface area contributed by atoms with E-state index >= 15 is 0 Å². The third-order valence-corrected chi connectivity index (χ3v) is 4.57. The van der Waals surface area contributed by atoms with Gasteiger partial charge in [0.1, 0.15) is 0 Å². The summed E-state index contributed by atoms with van der Waals surface area (Å²) in [6.45, 7) is 8.74. The number of aliphatic carboxylic acids is 1. The molecule has 0 aromatic carbocycles. The summed E-state index contributed by atoms with van der Waals surface area (Å²) < 4.78 is 0. The van der Waals surface area contributed by atoms with Gasteiger partial charge in [0.05, 0.1) is 5.92 Å². The summed E-state index contributed by atoms with van der Waals surface area (Å²) in [5.74, 6) is 0.279. The number of carboxylic acid groups (broad SMARTS) is 1. The minimum Gasteiger partial charge on any atom is -0.481 e. The summed E-state index contributed by atoms with van der Waals surface area (Å²) in [5, 5.41) is 9.59. The topological polar surface area (TPSA) is 37.3 Å². The van der Waals surface area contributed by atoms with Crippen LogP contribution in [0.15, 0.2) is 0 Å². The zero-order chi connectivity index (χ0) is 15.4. The summed E-state index contributed by atoms with van der Waals surface area (Å²) in [7, 11) is 0. The van der Waals surface area contributed by atoms with Gasteiger partial charge in [0, 0.05) is 0 Å². The van der Waals surface area contributed by atoms with Crippen LogP contribution in [0.4, 0.5) is 0 Å². The van der Waals surface area contributed by atoms with Crippen LogP contribution in [0, 0.1) is 17.8 Å². The fraction of sp³-hybridized carbons (Fsp3) is 0.944. The van der Waals surface area contributed by atoms with Gasteiger partial charge in [-0.05, 0) is 24.7 Å². The van der Waals surface area contributed by atoms with Crippen LogP contribution in [0.2, 0.25) is 0 Å². The van der Waals surface area contributed by atoms with Gasteiger partial charge < -0.3 is 5.11 Å². The molecule has 0 aliphatic heterocycles. The fourth-order valence-electron chi connectivity index (χ4n) is 3.39. The Morgan fingerprint density at radius 3 is 2.00 bits per heavy atom. The molecule has 0 radical (unpaired) electrons. The average Bonchev–Trinajstić information content (AvgIpc) is 2.42. The van der Waals surface area contributed by atoms with Gasteiger partial charge >= 0.3 is 5.97 Å². The van der Waals surface area contributed by atoms with E-state index in [0.717, 1.165) is 25.7 Å². The van der Waals surface area contributed by atoms with E-state index in [-0.39, 0.29) is 5.92 Å². The molecule has 0 bridgehead atoms. The van der Waals surface area contributed by atoms with Gasteiger partial charge in [0.25, 0.3) is 0 Å². The van der Waals surface area contributed by atoms with E-state index in [4.69, 9.17) is 0 Å². The Balaban J connectivity index is 4.58. The van der Waals surface area contributed by atoms with Crippen molar-refractivity contribution in [1.29, 1.82) is 0 Å². The molecule has 0 saturated heterocycles. The molecule has 3 atom stereocenters. The van der Waals surface area contributed by atoms with Gasteiger partial charge in [-0.25, -0.2) is 0 Å². The van der Waals surface area contributed by atoms with Gasteiger partial charge in [0.2, 0.25) is 0 Å². The van der Waals surface area contributed by atoms with Crippen molar-refractivity contribution in [3.63, 3.8) is 0 Å². The highest BCUT2D eigenvalue weighted by molar-refractivity contribution is 5.70. The first-order valence-corrected chi connectivity index (χ1v) is 8.83. The van der Waals surface area contributed by atoms with E-state index in [2.05, 4.69) is 27.7 Å². The normalized spacial score (nSPS) is 15.8. The molecule has 2 heteroatoms. The summed E-state index contributed by atoms with van der Waals surface area (Å²) in [6.07, 6.45) is 11.4. The first kappa shape index (κ1) is 19.5. The van der Waals surface area contributed by atoms with Crippen LogP contribution in [-0.4, -0.2) is 11.1 Å². The number of hydrogen-bond donors (Lipinski definition) is 1. The Labute approximate surface area is 126 Å². The van der Waals surface area contributed by atoms with Crippen LogP contribution >= 0.6 is 0 Å². The first-order valence-electron chi connectivity index (χ1n) is 8.83. The Kier molecular flexibility index (Phi) is 11.9. The van der Waals surface area contributed by atoms with Crippen LogP contribution in [0.5, 0.6) is 0 Å². The number of carbonyl (C=O) groups is 1. The molecule has 0 fully saturated rings. The summed E-state index contributed by atoms with van der Waals surface area (Å²) in [4.78, 5) is 11.6. The lowest BCUT2D eigenvalue weighted by molar-refractivity contribution is -0.144. The van der Waals surface area contributed by atoms with Gasteiger partial charge in [-0.3, -0.25) is 4.79 Å². The monoisotopic (exact) mass is 284 g/mol. The fourth-order valence-corrected chi connectivity index (χ4v) is 3.39. The van der Waals surface area contributed by atoms with E-state index in [9.17, 15) is 9.90 Å². The summed E-state index contributed by atoms with van der Waals surface area (Å²) in [6, 6.07) is 0. The standard InChI is InChI=1S/C18H36O2/c1-5-9-10-13-15(11-6-2)14-17(18(19)20)16(8-4)12-7-3/h15-17H,5-14H2,1-4H3,(H,19,20). The molecule has 2 nitrogen and oxygen atoms in total. The molecule has 20 heavy (non-hydrogen) atoms. The van der Waals surface area contributed by atoms with Gasteiger partial charge in [0.15, 0.2) is 0 Å². The van der Waals surface area contributed by atoms with Crippen LogP contribution in [0.25, 0.3) is 0 Å². The molecule has 0 aromatic rings. The van der Waals surface area contributed by atoms with Crippen molar-refractivity contribution >= 4 is 5.97 Å². The molecule has 3 unspecified atom stereocenters. The number of rotatable bonds is 13. The molecular weight excluding hydrogens is 248 g/mol. The maximum absolute atomic E-state index is 11.6. The Morgan fingerprint density at radius 1 is 0.900 bits per heavy atom. The Bertz CT molecular complexity index is 238. The smallest absolute Gasteiger partial charge is 0.306 e. The number of unbranched alkanes of at least 4 members (excludes halogenated alkanes) is 2. The van der Waals surface area contributed by atoms with Crippen molar-refractivity contribution in [3.8, 4) is 0 Å². The molecule has 0 aliphatic carbocycles. The molecule has 0 spiro atoms. The SMILES string of the molecule is CCCCCC(CCC)CC(C(=O)O)C(CC)CCC. The lowest BCUT2D eigenvalue weighted by Crippen LogP contribution is -2.26. The minimum absolute atomic E-state index is 0.127. The van der Waals surface area contributed by atoms with Crippen LogP contribution in [0.1, 0.15) is 91.9 Å². The van der Waals surface area contributed by atoms with Gasteiger partial charge in [-0.15, -0.1) is 0 Å². The summed E-state index contributed by atoms with van der Waals surface area (Å²) in [5.41, 5.74) is 0. The van der Waals surface area contributed by atoms with Crippen molar-refractivity contribution in [1.82, 2.24) is 0 Å². The molecule has 0 aromatic heterocycles. The molecule has 0 heterocycles. The molecule has 120 valence electrons. The van der Waals surface area contributed by atoms with Crippen LogP contribution < -0.4 is 0 Å². The third-order valence-electron chi connectivity index (χ3n) is 4.57. The molecule has 0 rings (SSSR count). The van der Waals surface area contributed by atoms with Crippen molar-refractivity contribution in [2.45, 2.75) is 91.9 Å². The molecule has 0 saturated carbocycles. The summed E-state index contributed by atoms with van der Waals surface area (Å²) >= 11 is 0. The van der Waals surface area contributed by atoms with E-state index in [0.29, 0.717) is 11.8 Å². The zero-order valence-corrected chi connectivity index (χ0v) is 14.2. The second-order valence-electron chi connectivity index (χ2n) is 6.29. The van der Waals surface area contributed by atoms with Gasteiger partial charge in [-0.1, -0.05) is 79.1 Å². The molecular formula is C18H36O2. The minimum atomic E-state index is -0.568. The Morgan fingerprint density at radius 2 is 1.55 bits per heavy atom. The van der Waals surface area contributed by atoms with E-state index < -0.39 is 5.97 Å². The highest BCUT2D eigenvalue weighted by atomic mass is 16.4. The van der Waals surface area contributed by atoms with Crippen LogP contribution in [0.3, 0.4) is 0 Å². The predicted molar refractivity (Wildman–Crippen MR) is 87.0 cm³/mol. The van der Waals surface area contributed by atoms with Crippen molar-refractivity contribution in [2.24, 2.45) is 17.8 Å². The van der Waals surface area contributed by atoms with E-state index in [1.165, 1.54) is 38.5 Å². The van der Waals surface area contributed by atoms with Crippen LogP contribution in [-0.2, 0) is 4.79 Å². The maximum atomic E-state index is 11.6. The van der Waals surface area contributed by atoms with E-state index in [1.807, 2.05) is 0 Å². The maximum Gasteiger partial charge on any atom is 0.306 e. The second kappa shape index (κ2) is 12.2. The molecule has 0 amide bonds. The number of carboxylic acids is 1. The predicted octanol–water partition coefficient (Wildman–Crippen LogP) is 5.90. The van der Waals surface area contributed by atoms with Crippen molar-refractivity contribution in [3.05, 3.63) is 0 Å². The van der Waals surface area contributed by atoms with Crippen molar-refractivity contribution < 1.29 is 9.90 Å². The van der Waals surface area contributed by atoms with E-state index in [1.54, 1.807) is 0 Å². The highest BCUT2D eigenvalue weighted by Gasteiger charge is 2.28. The zero-order valence-electron chi connectivity index (χ0n) is 14.2. The largest absolute Gasteiger partial charge is 0.481 e. The van der Waals surface area contributed by atoms with Crippen molar-refractivity contribution in [2.75, 3.05) is 0 Å². The number of hydrogen-bond acceptors (Lipinski definition) is 1. The third kappa shape index (κ3) is 7.91. The first-order chi connectivity index (χ1) is 9.60.